The number of fused-ring (bicyclic) bond motifs is 1. The van der Waals surface area contributed by atoms with Gasteiger partial charge in [-0.3, -0.25) is 14.5 Å². The van der Waals surface area contributed by atoms with Gasteiger partial charge in [0.25, 0.3) is 18.7 Å². The number of carbonyl (C=O) groups excluding carboxylic acids is 3. The monoisotopic (exact) mass is 812 g/mol. The molecule has 0 spiro atoms. The average Bonchev–Trinajstić information content (AvgIpc) is 3.72. The van der Waals surface area contributed by atoms with Crippen molar-refractivity contribution in [2.45, 2.75) is 23.6 Å². The second kappa shape index (κ2) is 17.4. The summed E-state index contributed by atoms with van der Waals surface area (Å²) >= 11 is 8.50. The summed E-state index contributed by atoms with van der Waals surface area (Å²) in [6.07, 6.45) is 0. The van der Waals surface area contributed by atoms with E-state index in [1.165, 1.54) is 16.7 Å². The van der Waals surface area contributed by atoms with E-state index in [0.717, 1.165) is 33.8 Å². The number of β-lactam (4-membered cyclic amide) rings is 1. The number of anilines is 1. The molecular weight excluding hydrogens is 779 g/mol. The lowest BCUT2D eigenvalue weighted by Crippen LogP contribution is -2.71. The molecule has 2 atom stereocenters. The number of esters is 1. The zero-order valence-electron chi connectivity index (χ0n) is 29.8. The molecule has 0 aliphatic carbocycles. The molecule has 2 aliphatic heterocycles. The molecule has 56 heavy (non-hydrogen) atoms. The van der Waals surface area contributed by atoms with Gasteiger partial charge in [0.1, 0.15) is 35.0 Å². The highest BCUT2D eigenvalue weighted by Crippen LogP contribution is 2.42. The third-order valence-corrected chi connectivity index (χ3v) is 11.5. The van der Waals surface area contributed by atoms with Crippen LogP contribution in [0.25, 0.3) is 0 Å². The molecular formula is C40H34ClFN6O6S2. The number of oxime groups is 1. The lowest BCUT2D eigenvalue weighted by Gasteiger charge is -2.49. The van der Waals surface area contributed by atoms with Crippen LogP contribution in [-0.2, 0) is 36.1 Å². The Balaban J connectivity index is 1.11. The van der Waals surface area contributed by atoms with Crippen LogP contribution in [0.4, 0.5) is 9.52 Å². The van der Waals surface area contributed by atoms with Crippen LogP contribution in [-0.4, -0.2) is 74.8 Å². The van der Waals surface area contributed by atoms with E-state index < -0.39 is 47.3 Å². The number of nitrogens with one attached hydrogen (secondary N) is 2. The molecule has 0 saturated carbocycles. The van der Waals surface area contributed by atoms with Crippen molar-refractivity contribution in [2.75, 3.05) is 30.9 Å². The zero-order valence-corrected chi connectivity index (χ0v) is 32.2. The van der Waals surface area contributed by atoms with Gasteiger partial charge < -0.3 is 24.9 Å². The first-order valence-electron chi connectivity index (χ1n) is 17.3. The van der Waals surface area contributed by atoms with Gasteiger partial charge in [-0.1, -0.05) is 108 Å². The average molecular weight is 813 g/mol. The highest BCUT2D eigenvalue weighted by molar-refractivity contribution is 8.00. The van der Waals surface area contributed by atoms with E-state index in [4.69, 9.17) is 21.1 Å². The van der Waals surface area contributed by atoms with Crippen LogP contribution in [0.1, 0.15) is 28.1 Å². The van der Waals surface area contributed by atoms with Gasteiger partial charge >= 0.3 is 5.97 Å². The van der Waals surface area contributed by atoms with Gasteiger partial charge in [0.2, 0.25) is 16.7 Å². The van der Waals surface area contributed by atoms with Crippen LogP contribution < -0.4 is 15.4 Å². The van der Waals surface area contributed by atoms with Crippen LogP contribution in [0, 0.1) is 0 Å². The second-order valence-electron chi connectivity index (χ2n) is 12.4. The topological polar surface area (TPSA) is 144 Å². The lowest BCUT2D eigenvalue weighted by atomic mass is 9.77. The fourth-order valence-electron chi connectivity index (χ4n) is 6.51. The Morgan fingerprint density at radius 3 is 2.11 bits per heavy atom. The minimum absolute atomic E-state index is 0.00314. The summed E-state index contributed by atoms with van der Waals surface area (Å²) < 4.78 is 28.5. The van der Waals surface area contributed by atoms with Crippen molar-refractivity contribution in [3.63, 3.8) is 0 Å². The molecule has 2 amide bonds. The molecule has 286 valence electrons. The fourth-order valence-corrected chi connectivity index (χ4v) is 8.81. The summed E-state index contributed by atoms with van der Waals surface area (Å²) in [5.74, 6) is -1.34. The van der Waals surface area contributed by atoms with Crippen molar-refractivity contribution >= 4 is 63.5 Å². The molecule has 2 aliphatic rings. The maximum atomic E-state index is 13.8. The van der Waals surface area contributed by atoms with Gasteiger partial charge in [-0.15, -0.1) is 23.4 Å². The summed E-state index contributed by atoms with van der Waals surface area (Å²) in [6.45, 7) is -1.37. The van der Waals surface area contributed by atoms with E-state index in [-0.39, 0.29) is 24.0 Å². The Kier molecular flexibility index (Phi) is 11.9. The molecule has 4 aromatic carbocycles. The van der Waals surface area contributed by atoms with Crippen LogP contribution in [0.3, 0.4) is 0 Å². The summed E-state index contributed by atoms with van der Waals surface area (Å²) in [7, 11) is 1.55. The number of hydrogen-bond donors (Lipinski definition) is 2. The number of benzene rings is 4. The van der Waals surface area contributed by atoms with Gasteiger partial charge in [-0.25, -0.2) is 9.18 Å². The summed E-state index contributed by atoms with van der Waals surface area (Å²) in [6, 6.07) is 35.4. The van der Waals surface area contributed by atoms with Gasteiger partial charge in [0, 0.05) is 23.2 Å². The standard InChI is InChI=1S/C40H34ClFN6O6S2/c1-52-30-19-17-25(18-20-30)22-53-38(51)33-26(21-41)23-55-37-32(36(50)48(33)37)43-35(49)31(46-54-24-42)34-44-39(56-47-34)45-40(27-11-5-2-6-12-27,28-13-7-3-8-14-28)29-15-9-4-10-16-29/h2-20,32,37H,21-24H2,1H3,(H,43,49)(H,44,45,47)/b46-31-/t32-,37-/m1/s1. The predicted molar refractivity (Wildman–Crippen MR) is 212 cm³/mol. The predicted octanol–water partition coefficient (Wildman–Crippen LogP) is 6.23. The number of aromatic nitrogens is 2. The van der Waals surface area contributed by atoms with Crippen molar-refractivity contribution < 1.29 is 33.1 Å². The molecule has 0 bridgehead atoms. The number of alkyl halides is 2. The van der Waals surface area contributed by atoms with Crippen molar-refractivity contribution in [1.29, 1.82) is 0 Å². The van der Waals surface area contributed by atoms with E-state index >= 15 is 0 Å². The normalized spacial score (nSPS) is 16.7. The van der Waals surface area contributed by atoms with Crippen molar-refractivity contribution in [2.24, 2.45) is 5.16 Å². The van der Waals surface area contributed by atoms with E-state index in [0.29, 0.717) is 22.2 Å². The number of methoxy groups -OCH3 is 1. The van der Waals surface area contributed by atoms with E-state index in [9.17, 15) is 18.8 Å². The van der Waals surface area contributed by atoms with Crippen LogP contribution in [0.2, 0.25) is 0 Å². The number of amides is 2. The van der Waals surface area contributed by atoms with Crippen molar-refractivity contribution in [3.8, 4) is 5.75 Å². The SMILES string of the molecule is COc1ccc(COC(=O)C2=C(CCl)CS[C@@H]3[C@H](NC(=O)/C(=N\OCF)c4nsc(NC(c5ccccc5)(c5ccccc5)c5ccccc5)n4)C(=O)N23)cc1. The van der Waals surface area contributed by atoms with Gasteiger partial charge in [-0.05, 0) is 40.0 Å². The van der Waals surface area contributed by atoms with Crippen LogP contribution in [0.15, 0.2) is 132 Å². The maximum Gasteiger partial charge on any atom is 0.355 e. The molecule has 2 N–H and O–H groups in total. The Morgan fingerprint density at radius 1 is 0.946 bits per heavy atom. The molecule has 12 nitrogen and oxygen atoms in total. The minimum Gasteiger partial charge on any atom is -0.497 e. The van der Waals surface area contributed by atoms with Gasteiger partial charge in [0.15, 0.2) is 0 Å². The highest BCUT2D eigenvalue weighted by atomic mass is 35.5. The number of thioether (sulfide) groups is 1. The first-order chi connectivity index (χ1) is 27.4. The van der Waals surface area contributed by atoms with Crippen molar-refractivity contribution in [3.05, 3.63) is 155 Å². The summed E-state index contributed by atoms with van der Waals surface area (Å²) in [5, 5.41) is 9.63. The molecule has 16 heteroatoms. The molecule has 3 heterocycles. The third-order valence-electron chi connectivity index (χ3n) is 9.19. The molecule has 0 unspecified atom stereocenters. The molecule has 0 radical (unpaired) electrons. The second-order valence-corrected chi connectivity index (χ2v) is 14.6. The first-order valence-corrected chi connectivity index (χ1v) is 19.6. The maximum absolute atomic E-state index is 13.8. The van der Waals surface area contributed by atoms with Gasteiger partial charge in [-0.2, -0.15) is 9.36 Å². The molecule has 1 aromatic heterocycles. The van der Waals surface area contributed by atoms with E-state index in [1.54, 1.807) is 31.4 Å². The Bertz CT molecular complexity index is 2150. The molecule has 5 aromatic rings. The zero-order chi connectivity index (χ0) is 39.1. The van der Waals surface area contributed by atoms with Gasteiger partial charge in [0.05, 0.1) is 7.11 Å². The largest absolute Gasteiger partial charge is 0.497 e. The van der Waals surface area contributed by atoms with Crippen molar-refractivity contribution in [1.82, 2.24) is 19.6 Å². The van der Waals surface area contributed by atoms with Crippen LogP contribution >= 0.6 is 34.9 Å². The Hall–Kier alpha value is -5.77. The van der Waals surface area contributed by atoms with E-state index in [2.05, 4.69) is 30.0 Å². The quantitative estimate of drug-likeness (QED) is 0.0312. The number of halogens is 2. The third kappa shape index (κ3) is 7.70. The molecule has 1 saturated heterocycles. The Labute approximate surface area is 334 Å². The smallest absolute Gasteiger partial charge is 0.355 e. The Morgan fingerprint density at radius 2 is 1.55 bits per heavy atom. The highest BCUT2D eigenvalue weighted by Gasteiger charge is 2.54. The number of ether oxygens (including phenoxy) is 2. The summed E-state index contributed by atoms with van der Waals surface area (Å²) in [4.78, 5) is 51.4. The lowest BCUT2D eigenvalue weighted by molar-refractivity contribution is -0.153. The molecule has 7 rings (SSSR count). The number of carbonyl (C=O) groups is 3. The first kappa shape index (κ1) is 38.5. The fraction of sp³-hybridized carbons (Fsp3) is 0.200. The minimum atomic E-state index is -1.33. The van der Waals surface area contributed by atoms with E-state index in [1.807, 2.05) is 91.0 Å². The molecule has 1 fully saturated rings. The number of hydrogen-bond acceptors (Lipinski definition) is 12. The summed E-state index contributed by atoms with van der Waals surface area (Å²) in [5.41, 5.74) is 2.63. The number of rotatable bonds is 15. The van der Waals surface area contributed by atoms with Crippen LogP contribution in [0.5, 0.6) is 5.75 Å². The number of nitrogens with zero attached hydrogens (tertiary/aromatic N) is 4.